The summed E-state index contributed by atoms with van der Waals surface area (Å²) in [5.41, 5.74) is -1.14. The van der Waals surface area contributed by atoms with E-state index in [9.17, 15) is 27.9 Å². The van der Waals surface area contributed by atoms with E-state index in [1.807, 2.05) is 6.92 Å². The highest BCUT2D eigenvalue weighted by molar-refractivity contribution is 5.96. The van der Waals surface area contributed by atoms with Gasteiger partial charge < -0.3 is 10.0 Å². The third-order valence-corrected chi connectivity index (χ3v) is 3.71. The maximum Gasteiger partial charge on any atom is 0.433 e. The molecule has 1 aromatic heterocycles. The molecule has 8 heteroatoms. The molecule has 0 saturated carbocycles. The Kier molecular flexibility index (Phi) is 4.39. The lowest BCUT2D eigenvalue weighted by atomic mass is 9.92. The zero-order chi connectivity index (χ0) is 16.5. The van der Waals surface area contributed by atoms with Crippen molar-refractivity contribution in [2.24, 2.45) is 5.92 Å². The number of amides is 1. The van der Waals surface area contributed by atoms with Crippen LogP contribution in [0.4, 0.5) is 13.2 Å². The maximum absolute atomic E-state index is 12.5. The van der Waals surface area contributed by atoms with E-state index in [0.717, 1.165) is 18.3 Å². The third-order valence-electron chi connectivity index (χ3n) is 3.71. The molecule has 0 bridgehead atoms. The number of carboxylic acid groups (broad SMARTS) is 1. The minimum atomic E-state index is -4.58. The molecule has 1 saturated heterocycles. The number of pyridine rings is 1. The molecule has 2 heterocycles. The SMILES string of the molecule is CC1CCN(C(=O)c2ccc(C(F)(F)F)nc2)C(C(=O)O)C1. The van der Waals surface area contributed by atoms with Gasteiger partial charge in [0.25, 0.3) is 5.91 Å². The molecule has 0 radical (unpaired) electrons. The van der Waals surface area contributed by atoms with Crippen LogP contribution < -0.4 is 0 Å². The van der Waals surface area contributed by atoms with Crippen molar-refractivity contribution in [3.63, 3.8) is 0 Å². The molecular formula is C14H15F3N2O3. The second-order valence-electron chi connectivity index (χ2n) is 5.41. The second kappa shape index (κ2) is 5.94. The molecule has 0 aliphatic carbocycles. The van der Waals surface area contributed by atoms with Gasteiger partial charge in [-0.25, -0.2) is 4.79 Å². The molecule has 0 aromatic carbocycles. The summed E-state index contributed by atoms with van der Waals surface area (Å²) in [7, 11) is 0. The Morgan fingerprint density at radius 3 is 2.55 bits per heavy atom. The molecule has 1 amide bonds. The monoisotopic (exact) mass is 316 g/mol. The highest BCUT2D eigenvalue weighted by Gasteiger charge is 2.36. The van der Waals surface area contributed by atoms with Crippen LogP contribution in [-0.2, 0) is 11.0 Å². The van der Waals surface area contributed by atoms with E-state index in [-0.39, 0.29) is 18.0 Å². The fraction of sp³-hybridized carbons (Fsp3) is 0.500. The average molecular weight is 316 g/mol. The lowest BCUT2D eigenvalue weighted by Crippen LogP contribution is -2.49. The molecule has 1 N–H and O–H groups in total. The number of hydrogen-bond acceptors (Lipinski definition) is 3. The zero-order valence-corrected chi connectivity index (χ0v) is 11.8. The molecule has 2 atom stereocenters. The van der Waals surface area contributed by atoms with Crippen LogP contribution in [0.2, 0.25) is 0 Å². The topological polar surface area (TPSA) is 70.5 Å². The van der Waals surface area contributed by atoms with Crippen LogP contribution in [0.25, 0.3) is 0 Å². The van der Waals surface area contributed by atoms with Crippen LogP contribution in [0.15, 0.2) is 18.3 Å². The van der Waals surface area contributed by atoms with Gasteiger partial charge in [-0.15, -0.1) is 0 Å². The van der Waals surface area contributed by atoms with Crippen LogP contribution in [0, 0.1) is 5.92 Å². The molecule has 22 heavy (non-hydrogen) atoms. The number of aliphatic carboxylic acids is 1. The lowest BCUT2D eigenvalue weighted by Gasteiger charge is -2.36. The number of carboxylic acids is 1. The van der Waals surface area contributed by atoms with Gasteiger partial charge in [-0.05, 0) is 30.9 Å². The van der Waals surface area contributed by atoms with Crippen LogP contribution in [0.5, 0.6) is 0 Å². The molecule has 1 aliphatic rings. The van der Waals surface area contributed by atoms with Crippen molar-refractivity contribution in [3.8, 4) is 0 Å². The van der Waals surface area contributed by atoms with Crippen LogP contribution in [-0.4, -0.2) is 39.5 Å². The van der Waals surface area contributed by atoms with E-state index in [4.69, 9.17) is 0 Å². The quantitative estimate of drug-likeness (QED) is 0.909. The summed E-state index contributed by atoms with van der Waals surface area (Å²) < 4.78 is 37.4. The van der Waals surface area contributed by atoms with Crippen molar-refractivity contribution in [2.75, 3.05) is 6.54 Å². The standard InChI is InChI=1S/C14H15F3N2O3/c1-8-4-5-19(10(6-8)13(21)22)12(20)9-2-3-11(18-7-9)14(15,16)17/h2-3,7-8,10H,4-6H2,1H3,(H,21,22). The Morgan fingerprint density at radius 1 is 1.36 bits per heavy atom. The summed E-state index contributed by atoms with van der Waals surface area (Å²) in [6, 6.07) is 0.781. The fourth-order valence-electron chi connectivity index (χ4n) is 2.47. The predicted octanol–water partition coefficient (Wildman–Crippen LogP) is 2.43. The Balaban J connectivity index is 2.21. The molecule has 1 aromatic rings. The van der Waals surface area contributed by atoms with Crippen molar-refractivity contribution in [1.29, 1.82) is 0 Å². The smallest absolute Gasteiger partial charge is 0.433 e. The average Bonchev–Trinajstić information content (AvgIpc) is 2.45. The summed E-state index contributed by atoms with van der Waals surface area (Å²) in [6.45, 7) is 2.16. The highest BCUT2D eigenvalue weighted by Crippen LogP contribution is 2.28. The Hall–Kier alpha value is -2.12. The van der Waals surface area contributed by atoms with Gasteiger partial charge >= 0.3 is 12.1 Å². The van der Waals surface area contributed by atoms with Crippen LogP contribution in [0.3, 0.4) is 0 Å². The lowest BCUT2D eigenvalue weighted by molar-refractivity contribution is -0.144. The largest absolute Gasteiger partial charge is 0.480 e. The summed E-state index contributed by atoms with van der Waals surface area (Å²) >= 11 is 0. The Morgan fingerprint density at radius 2 is 2.05 bits per heavy atom. The van der Waals surface area contributed by atoms with Crippen molar-refractivity contribution < 1.29 is 27.9 Å². The van der Waals surface area contributed by atoms with Crippen LogP contribution in [0.1, 0.15) is 35.8 Å². The molecule has 2 unspecified atom stereocenters. The second-order valence-corrected chi connectivity index (χ2v) is 5.41. The fourth-order valence-corrected chi connectivity index (χ4v) is 2.47. The van der Waals surface area contributed by atoms with E-state index in [1.54, 1.807) is 0 Å². The number of piperidine rings is 1. The van der Waals surface area contributed by atoms with E-state index in [0.29, 0.717) is 12.8 Å². The first kappa shape index (κ1) is 16.3. The molecule has 1 aliphatic heterocycles. The van der Waals surface area contributed by atoms with Crippen LogP contribution >= 0.6 is 0 Å². The molecule has 5 nitrogen and oxygen atoms in total. The Bertz CT molecular complexity index is 572. The van der Waals surface area contributed by atoms with Gasteiger partial charge in [-0.1, -0.05) is 6.92 Å². The van der Waals surface area contributed by atoms with Gasteiger partial charge in [-0.3, -0.25) is 9.78 Å². The van der Waals surface area contributed by atoms with E-state index in [1.165, 1.54) is 4.90 Å². The van der Waals surface area contributed by atoms with Crippen molar-refractivity contribution in [1.82, 2.24) is 9.88 Å². The van der Waals surface area contributed by atoms with E-state index >= 15 is 0 Å². The summed E-state index contributed by atoms with van der Waals surface area (Å²) in [4.78, 5) is 28.0. The molecule has 120 valence electrons. The molecular weight excluding hydrogens is 301 g/mol. The number of nitrogens with zero attached hydrogens (tertiary/aromatic N) is 2. The van der Waals surface area contributed by atoms with Gasteiger partial charge in [-0.2, -0.15) is 13.2 Å². The number of hydrogen-bond donors (Lipinski definition) is 1. The number of carbonyl (C=O) groups is 2. The highest BCUT2D eigenvalue weighted by atomic mass is 19.4. The van der Waals surface area contributed by atoms with Gasteiger partial charge in [0.15, 0.2) is 0 Å². The minimum absolute atomic E-state index is 0.0474. The normalized spacial score (nSPS) is 22.5. The van der Waals surface area contributed by atoms with Crippen molar-refractivity contribution in [3.05, 3.63) is 29.6 Å². The molecule has 1 fully saturated rings. The number of aromatic nitrogens is 1. The molecule has 0 spiro atoms. The van der Waals surface area contributed by atoms with E-state index in [2.05, 4.69) is 4.98 Å². The maximum atomic E-state index is 12.5. The predicted molar refractivity (Wildman–Crippen MR) is 70.1 cm³/mol. The first-order valence-corrected chi connectivity index (χ1v) is 6.77. The number of rotatable bonds is 2. The first-order valence-electron chi connectivity index (χ1n) is 6.77. The van der Waals surface area contributed by atoms with Gasteiger partial charge in [0.2, 0.25) is 0 Å². The van der Waals surface area contributed by atoms with Crippen molar-refractivity contribution in [2.45, 2.75) is 32.0 Å². The zero-order valence-electron chi connectivity index (χ0n) is 11.8. The summed E-state index contributed by atoms with van der Waals surface area (Å²) in [6.07, 6.45) is -2.76. The first-order chi connectivity index (χ1) is 10.2. The number of likely N-dealkylation sites (tertiary alicyclic amines) is 1. The molecule has 2 rings (SSSR count). The van der Waals surface area contributed by atoms with Crippen molar-refractivity contribution >= 4 is 11.9 Å². The van der Waals surface area contributed by atoms with Gasteiger partial charge in [0, 0.05) is 12.7 Å². The van der Waals surface area contributed by atoms with Gasteiger partial charge in [0.05, 0.1) is 5.56 Å². The summed E-state index contributed by atoms with van der Waals surface area (Å²) in [5.74, 6) is -1.55. The number of halogens is 3. The Labute approximate surface area is 124 Å². The number of carbonyl (C=O) groups excluding carboxylic acids is 1. The van der Waals surface area contributed by atoms with E-state index < -0.39 is 29.8 Å². The third kappa shape index (κ3) is 3.37. The number of alkyl halides is 3. The van der Waals surface area contributed by atoms with Gasteiger partial charge in [0.1, 0.15) is 11.7 Å². The minimum Gasteiger partial charge on any atom is -0.480 e. The summed E-state index contributed by atoms with van der Waals surface area (Å²) in [5, 5.41) is 9.21.